The summed E-state index contributed by atoms with van der Waals surface area (Å²) in [6.45, 7) is 9.59. The summed E-state index contributed by atoms with van der Waals surface area (Å²) >= 11 is 0. The predicted molar refractivity (Wildman–Crippen MR) is 58.6 cm³/mol. The normalized spacial score (nSPS) is 18.0. The molecule has 0 radical (unpaired) electrons. The zero-order valence-corrected chi connectivity index (χ0v) is 9.67. The largest absolute Gasteiger partial charge is 0.462 e. The standard InChI is InChI=1S/C12H20O3/c1-4-12(8-14-9-12)6-5-7-15-11(13)10(2)3/h2,4-9H2,1,3H3. The van der Waals surface area contributed by atoms with E-state index >= 15 is 0 Å². The molecule has 15 heavy (non-hydrogen) atoms. The summed E-state index contributed by atoms with van der Waals surface area (Å²) in [7, 11) is 0. The molecule has 0 aliphatic carbocycles. The van der Waals surface area contributed by atoms with Crippen LogP contribution in [0.4, 0.5) is 0 Å². The van der Waals surface area contributed by atoms with Crippen molar-refractivity contribution in [2.75, 3.05) is 19.8 Å². The molecule has 1 heterocycles. The van der Waals surface area contributed by atoms with Crippen molar-refractivity contribution in [1.29, 1.82) is 0 Å². The lowest BCUT2D eigenvalue weighted by atomic mass is 9.79. The highest BCUT2D eigenvalue weighted by molar-refractivity contribution is 5.86. The van der Waals surface area contributed by atoms with Crippen LogP contribution in [0.25, 0.3) is 0 Å². The lowest BCUT2D eigenvalue weighted by Gasteiger charge is -2.41. The zero-order chi connectivity index (χ0) is 11.3. The average Bonchev–Trinajstić information content (AvgIpc) is 2.15. The Kier molecular flexibility index (Phi) is 4.33. The lowest BCUT2D eigenvalue weighted by Crippen LogP contribution is -2.42. The van der Waals surface area contributed by atoms with E-state index in [-0.39, 0.29) is 5.97 Å². The number of hydrogen-bond acceptors (Lipinski definition) is 3. The molecule has 3 nitrogen and oxygen atoms in total. The van der Waals surface area contributed by atoms with E-state index in [9.17, 15) is 4.79 Å². The van der Waals surface area contributed by atoms with Crippen molar-refractivity contribution in [1.82, 2.24) is 0 Å². The Morgan fingerprint density at radius 2 is 2.20 bits per heavy atom. The van der Waals surface area contributed by atoms with Gasteiger partial charge in [0.2, 0.25) is 0 Å². The van der Waals surface area contributed by atoms with E-state index in [1.165, 1.54) is 0 Å². The van der Waals surface area contributed by atoms with E-state index in [0.717, 1.165) is 32.5 Å². The maximum Gasteiger partial charge on any atom is 0.333 e. The quantitative estimate of drug-likeness (QED) is 0.385. The molecule has 1 rings (SSSR count). The van der Waals surface area contributed by atoms with Crippen molar-refractivity contribution in [3.63, 3.8) is 0 Å². The molecule has 0 atom stereocenters. The van der Waals surface area contributed by atoms with Gasteiger partial charge in [-0.1, -0.05) is 13.5 Å². The van der Waals surface area contributed by atoms with Crippen LogP contribution in [0.1, 0.15) is 33.1 Å². The van der Waals surface area contributed by atoms with Crippen molar-refractivity contribution in [3.05, 3.63) is 12.2 Å². The number of carbonyl (C=O) groups is 1. The van der Waals surface area contributed by atoms with Gasteiger partial charge in [-0.2, -0.15) is 0 Å². The lowest BCUT2D eigenvalue weighted by molar-refractivity contribution is -0.141. The monoisotopic (exact) mass is 212 g/mol. The SMILES string of the molecule is C=C(C)C(=O)OCCCC1(CC)COC1. The molecular formula is C12H20O3. The summed E-state index contributed by atoms with van der Waals surface area (Å²) in [5.41, 5.74) is 0.822. The number of ether oxygens (including phenoxy) is 2. The van der Waals surface area contributed by atoms with Crippen LogP contribution in [0.3, 0.4) is 0 Å². The number of hydrogen-bond donors (Lipinski definition) is 0. The highest BCUT2D eigenvalue weighted by atomic mass is 16.5. The van der Waals surface area contributed by atoms with Gasteiger partial charge in [0.25, 0.3) is 0 Å². The molecular weight excluding hydrogens is 192 g/mol. The van der Waals surface area contributed by atoms with Gasteiger partial charge in [-0.25, -0.2) is 4.79 Å². The van der Waals surface area contributed by atoms with E-state index in [0.29, 0.717) is 17.6 Å². The minimum absolute atomic E-state index is 0.287. The van der Waals surface area contributed by atoms with Gasteiger partial charge in [-0.05, 0) is 26.2 Å². The molecule has 0 saturated carbocycles. The summed E-state index contributed by atoms with van der Waals surface area (Å²) < 4.78 is 10.3. The fraction of sp³-hybridized carbons (Fsp3) is 0.750. The van der Waals surface area contributed by atoms with Crippen molar-refractivity contribution in [2.24, 2.45) is 5.41 Å². The Hall–Kier alpha value is -0.830. The van der Waals surface area contributed by atoms with Crippen LogP contribution >= 0.6 is 0 Å². The smallest absolute Gasteiger partial charge is 0.333 e. The molecule has 0 unspecified atom stereocenters. The van der Waals surface area contributed by atoms with Gasteiger partial charge in [0.05, 0.1) is 19.8 Å². The Balaban J connectivity index is 2.11. The van der Waals surface area contributed by atoms with Gasteiger partial charge >= 0.3 is 5.97 Å². The second kappa shape index (κ2) is 5.31. The van der Waals surface area contributed by atoms with Crippen LogP contribution in [0.2, 0.25) is 0 Å². The Labute approximate surface area is 91.4 Å². The van der Waals surface area contributed by atoms with Crippen molar-refractivity contribution in [2.45, 2.75) is 33.1 Å². The third kappa shape index (κ3) is 3.34. The first-order valence-electron chi connectivity index (χ1n) is 5.50. The highest BCUT2D eigenvalue weighted by Gasteiger charge is 2.35. The minimum atomic E-state index is -0.287. The molecule has 1 saturated heterocycles. The Morgan fingerprint density at radius 1 is 1.53 bits per heavy atom. The molecule has 0 aromatic heterocycles. The average molecular weight is 212 g/mol. The van der Waals surface area contributed by atoms with Crippen molar-refractivity contribution in [3.8, 4) is 0 Å². The highest BCUT2D eigenvalue weighted by Crippen LogP contribution is 2.35. The molecule has 0 aromatic rings. The fourth-order valence-corrected chi connectivity index (χ4v) is 1.65. The van der Waals surface area contributed by atoms with Gasteiger partial charge in [0, 0.05) is 11.0 Å². The predicted octanol–water partition coefficient (Wildman–Crippen LogP) is 2.31. The number of rotatable bonds is 6. The van der Waals surface area contributed by atoms with Crippen LogP contribution in [-0.2, 0) is 14.3 Å². The summed E-state index contributed by atoms with van der Waals surface area (Å²) in [5, 5.41) is 0. The van der Waals surface area contributed by atoms with Crippen LogP contribution in [0, 0.1) is 5.41 Å². The summed E-state index contributed by atoms with van der Waals surface area (Å²) in [6, 6.07) is 0. The zero-order valence-electron chi connectivity index (χ0n) is 9.67. The molecule has 1 aliphatic rings. The Bertz CT molecular complexity index is 236. The van der Waals surface area contributed by atoms with Crippen LogP contribution in [0.15, 0.2) is 12.2 Å². The second-order valence-electron chi connectivity index (χ2n) is 4.37. The number of esters is 1. The summed E-state index contributed by atoms with van der Waals surface area (Å²) in [6.07, 6.45) is 3.13. The maximum atomic E-state index is 11.1. The minimum Gasteiger partial charge on any atom is -0.462 e. The topological polar surface area (TPSA) is 35.5 Å². The van der Waals surface area contributed by atoms with Crippen LogP contribution in [0.5, 0.6) is 0 Å². The van der Waals surface area contributed by atoms with E-state index in [2.05, 4.69) is 13.5 Å². The molecule has 1 aliphatic heterocycles. The maximum absolute atomic E-state index is 11.1. The van der Waals surface area contributed by atoms with Gasteiger partial charge < -0.3 is 9.47 Å². The number of carbonyl (C=O) groups excluding carboxylic acids is 1. The van der Waals surface area contributed by atoms with Gasteiger partial charge in [0.1, 0.15) is 0 Å². The van der Waals surface area contributed by atoms with E-state index in [1.807, 2.05) is 0 Å². The molecule has 86 valence electrons. The molecule has 0 amide bonds. The molecule has 1 fully saturated rings. The molecule has 0 spiro atoms. The van der Waals surface area contributed by atoms with Gasteiger partial charge in [-0.3, -0.25) is 0 Å². The fourth-order valence-electron chi connectivity index (χ4n) is 1.65. The second-order valence-corrected chi connectivity index (χ2v) is 4.37. The molecule has 0 N–H and O–H groups in total. The van der Waals surface area contributed by atoms with Crippen molar-refractivity contribution >= 4 is 5.97 Å². The van der Waals surface area contributed by atoms with E-state index in [4.69, 9.17) is 9.47 Å². The third-order valence-corrected chi connectivity index (χ3v) is 3.00. The van der Waals surface area contributed by atoms with Crippen LogP contribution < -0.4 is 0 Å². The van der Waals surface area contributed by atoms with E-state index < -0.39 is 0 Å². The summed E-state index contributed by atoms with van der Waals surface area (Å²) in [4.78, 5) is 11.1. The first-order chi connectivity index (χ1) is 7.09. The van der Waals surface area contributed by atoms with Crippen LogP contribution in [-0.4, -0.2) is 25.8 Å². The molecule has 0 aromatic carbocycles. The first-order valence-corrected chi connectivity index (χ1v) is 5.50. The Morgan fingerprint density at radius 3 is 2.60 bits per heavy atom. The molecule has 3 heteroatoms. The molecule has 0 bridgehead atoms. The third-order valence-electron chi connectivity index (χ3n) is 3.00. The summed E-state index contributed by atoms with van der Waals surface area (Å²) in [5.74, 6) is -0.287. The van der Waals surface area contributed by atoms with Gasteiger partial charge in [-0.15, -0.1) is 0 Å². The first kappa shape index (κ1) is 12.2. The van der Waals surface area contributed by atoms with Gasteiger partial charge in [0.15, 0.2) is 0 Å². The van der Waals surface area contributed by atoms with Crippen molar-refractivity contribution < 1.29 is 14.3 Å². The van der Waals surface area contributed by atoms with E-state index in [1.54, 1.807) is 6.92 Å².